The maximum absolute atomic E-state index is 10.2. The highest BCUT2D eigenvalue weighted by molar-refractivity contribution is 5.42. The van der Waals surface area contributed by atoms with Gasteiger partial charge in [0.1, 0.15) is 11.9 Å². The van der Waals surface area contributed by atoms with Gasteiger partial charge in [0.05, 0.1) is 0 Å². The third-order valence-electron chi connectivity index (χ3n) is 2.56. The van der Waals surface area contributed by atoms with Crippen LogP contribution < -0.4 is 5.73 Å². The van der Waals surface area contributed by atoms with Crippen molar-refractivity contribution >= 4 is 5.69 Å². The molecule has 4 nitrogen and oxygen atoms in total. The Morgan fingerprint density at radius 1 is 1.50 bits per heavy atom. The van der Waals surface area contributed by atoms with Crippen molar-refractivity contribution in [2.45, 2.75) is 19.6 Å². The monoisotopic (exact) mass is 217 g/mol. The minimum Gasteiger partial charge on any atom is -0.399 e. The maximum atomic E-state index is 10.2. The van der Waals surface area contributed by atoms with Crippen LogP contribution in [0.3, 0.4) is 0 Å². The van der Waals surface area contributed by atoms with Crippen molar-refractivity contribution in [3.8, 4) is 0 Å². The zero-order chi connectivity index (χ0) is 11.5. The number of aliphatic hydroxyl groups is 1. The molecule has 1 atom stereocenters. The van der Waals surface area contributed by atoms with Crippen LogP contribution in [0, 0.1) is 0 Å². The number of hydrogen-bond acceptors (Lipinski definition) is 3. The molecule has 0 fully saturated rings. The number of hydrogen-bond donors (Lipinski definition) is 2. The molecule has 0 aliphatic carbocycles. The molecule has 1 unspecified atom stereocenters. The number of nitrogen functional groups attached to an aromatic ring is 1. The molecule has 0 radical (unpaired) electrons. The molecule has 0 amide bonds. The molecule has 1 aromatic heterocycles. The first kappa shape index (κ1) is 10.7. The lowest BCUT2D eigenvalue weighted by Crippen LogP contribution is -2.09. The maximum Gasteiger partial charge on any atom is 0.142 e. The molecule has 0 saturated heterocycles. The quantitative estimate of drug-likeness (QED) is 0.767. The van der Waals surface area contributed by atoms with E-state index in [0.29, 0.717) is 11.5 Å². The summed E-state index contributed by atoms with van der Waals surface area (Å²) >= 11 is 0. The Morgan fingerprint density at radius 2 is 2.31 bits per heavy atom. The highest BCUT2D eigenvalue weighted by Gasteiger charge is 2.15. The van der Waals surface area contributed by atoms with Gasteiger partial charge >= 0.3 is 0 Å². The highest BCUT2D eigenvalue weighted by atomic mass is 16.3. The zero-order valence-corrected chi connectivity index (χ0v) is 9.17. The smallest absolute Gasteiger partial charge is 0.142 e. The van der Waals surface area contributed by atoms with Crippen molar-refractivity contribution in [1.82, 2.24) is 9.55 Å². The molecule has 0 saturated carbocycles. The number of benzene rings is 1. The lowest BCUT2D eigenvalue weighted by molar-refractivity contribution is 0.205. The first-order valence-electron chi connectivity index (χ1n) is 5.27. The van der Waals surface area contributed by atoms with Crippen LogP contribution in [-0.2, 0) is 6.54 Å². The number of aliphatic hydroxyl groups excluding tert-OH is 1. The summed E-state index contributed by atoms with van der Waals surface area (Å²) in [6.45, 7) is 2.80. The molecule has 0 aliphatic heterocycles. The molecule has 3 N–H and O–H groups in total. The number of nitrogens with two attached hydrogens (primary N) is 1. The van der Waals surface area contributed by atoms with Crippen LogP contribution in [0.1, 0.15) is 24.4 Å². The SMILES string of the molecule is CCn1ccnc1C(O)c1cccc(N)c1. The third kappa shape index (κ3) is 1.92. The molecule has 2 aromatic rings. The van der Waals surface area contributed by atoms with Crippen LogP contribution in [0.25, 0.3) is 0 Å². The summed E-state index contributed by atoms with van der Waals surface area (Å²) in [6, 6.07) is 7.23. The third-order valence-corrected chi connectivity index (χ3v) is 2.56. The van der Waals surface area contributed by atoms with E-state index >= 15 is 0 Å². The predicted molar refractivity (Wildman–Crippen MR) is 62.8 cm³/mol. The van der Waals surface area contributed by atoms with E-state index in [-0.39, 0.29) is 0 Å². The molecular formula is C12H15N3O. The zero-order valence-electron chi connectivity index (χ0n) is 9.17. The number of aryl methyl sites for hydroxylation is 1. The lowest BCUT2D eigenvalue weighted by atomic mass is 10.1. The average molecular weight is 217 g/mol. The summed E-state index contributed by atoms with van der Waals surface area (Å²) in [5.74, 6) is 0.646. The van der Waals surface area contributed by atoms with Crippen molar-refractivity contribution < 1.29 is 5.11 Å². The van der Waals surface area contributed by atoms with E-state index in [1.807, 2.05) is 29.8 Å². The first-order chi connectivity index (χ1) is 7.72. The van der Waals surface area contributed by atoms with Gasteiger partial charge < -0.3 is 15.4 Å². The van der Waals surface area contributed by atoms with Gasteiger partial charge in [-0.25, -0.2) is 4.98 Å². The number of aromatic nitrogens is 2. The van der Waals surface area contributed by atoms with Crippen molar-refractivity contribution in [1.29, 1.82) is 0 Å². The second kappa shape index (κ2) is 4.37. The van der Waals surface area contributed by atoms with Gasteiger partial charge in [0.25, 0.3) is 0 Å². The number of anilines is 1. The molecule has 84 valence electrons. The fourth-order valence-electron chi connectivity index (χ4n) is 1.71. The highest BCUT2D eigenvalue weighted by Crippen LogP contribution is 2.21. The van der Waals surface area contributed by atoms with Gasteiger partial charge in [0.2, 0.25) is 0 Å². The first-order valence-corrected chi connectivity index (χ1v) is 5.27. The Labute approximate surface area is 94.4 Å². The number of nitrogens with zero attached hydrogens (tertiary/aromatic N) is 2. The number of imidazole rings is 1. The van der Waals surface area contributed by atoms with Crippen LogP contribution in [-0.4, -0.2) is 14.7 Å². The summed E-state index contributed by atoms with van der Waals surface area (Å²) in [7, 11) is 0. The second-order valence-corrected chi connectivity index (χ2v) is 3.64. The average Bonchev–Trinajstić information content (AvgIpc) is 2.76. The Balaban J connectivity index is 2.35. The molecule has 0 bridgehead atoms. The summed E-state index contributed by atoms with van der Waals surface area (Å²) < 4.78 is 1.91. The molecule has 2 rings (SSSR count). The fourth-order valence-corrected chi connectivity index (χ4v) is 1.71. The van der Waals surface area contributed by atoms with E-state index in [4.69, 9.17) is 5.73 Å². The molecule has 16 heavy (non-hydrogen) atoms. The van der Waals surface area contributed by atoms with Gasteiger partial charge in [-0.15, -0.1) is 0 Å². The molecule has 0 aliphatic rings. The lowest BCUT2D eigenvalue weighted by Gasteiger charge is -2.12. The van der Waals surface area contributed by atoms with E-state index < -0.39 is 6.10 Å². The Kier molecular flexibility index (Phi) is 2.92. The summed E-state index contributed by atoms with van der Waals surface area (Å²) in [5, 5.41) is 10.2. The van der Waals surface area contributed by atoms with Gasteiger partial charge in [-0.3, -0.25) is 0 Å². The molecule has 1 aromatic carbocycles. The van der Waals surface area contributed by atoms with E-state index in [0.717, 1.165) is 12.1 Å². The van der Waals surface area contributed by atoms with Crippen molar-refractivity contribution in [3.05, 3.63) is 48.0 Å². The van der Waals surface area contributed by atoms with Gasteiger partial charge in [0, 0.05) is 24.6 Å². The largest absolute Gasteiger partial charge is 0.399 e. The summed E-state index contributed by atoms with van der Waals surface area (Å²) in [6.07, 6.45) is 2.82. The number of rotatable bonds is 3. The normalized spacial score (nSPS) is 12.6. The van der Waals surface area contributed by atoms with E-state index in [9.17, 15) is 5.11 Å². The minimum absolute atomic E-state index is 0.645. The Hall–Kier alpha value is -1.81. The van der Waals surface area contributed by atoms with E-state index in [1.165, 1.54) is 0 Å². The molecular weight excluding hydrogens is 202 g/mol. The van der Waals surface area contributed by atoms with Gasteiger partial charge in [-0.05, 0) is 24.6 Å². The second-order valence-electron chi connectivity index (χ2n) is 3.64. The van der Waals surface area contributed by atoms with Gasteiger partial charge in [-0.1, -0.05) is 12.1 Å². The summed E-state index contributed by atoms with van der Waals surface area (Å²) in [4.78, 5) is 4.17. The van der Waals surface area contributed by atoms with Crippen LogP contribution in [0.4, 0.5) is 5.69 Å². The molecule has 1 heterocycles. The van der Waals surface area contributed by atoms with E-state index in [2.05, 4.69) is 4.98 Å². The van der Waals surface area contributed by atoms with Crippen molar-refractivity contribution in [2.75, 3.05) is 5.73 Å². The Bertz CT molecular complexity index is 479. The van der Waals surface area contributed by atoms with Crippen LogP contribution in [0.5, 0.6) is 0 Å². The molecule has 0 spiro atoms. The van der Waals surface area contributed by atoms with Crippen LogP contribution in [0.15, 0.2) is 36.7 Å². The van der Waals surface area contributed by atoms with Crippen molar-refractivity contribution in [3.63, 3.8) is 0 Å². The van der Waals surface area contributed by atoms with Crippen molar-refractivity contribution in [2.24, 2.45) is 0 Å². The summed E-state index contributed by atoms with van der Waals surface area (Å²) in [5.41, 5.74) is 7.09. The van der Waals surface area contributed by atoms with Crippen LogP contribution >= 0.6 is 0 Å². The van der Waals surface area contributed by atoms with Crippen LogP contribution in [0.2, 0.25) is 0 Å². The molecule has 4 heteroatoms. The van der Waals surface area contributed by atoms with Gasteiger partial charge in [0.15, 0.2) is 0 Å². The van der Waals surface area contributed by atoms with E-state index in [1.54, 1.807) is 18.3 Å². The topological polar surface area (TPSA) is 64.1 Å². The predicted octanol–water partition coefficient (Wildman–Crippen LogP) is 1.57. The fraction of sp³-hybridized carbons (Fsp3) is 0.250. The Morgan fingerprint density at radius 3 is 3.00 bits per heavy atom. The minimum atomic E-state index is -0.724. The standard InChI is InChI=1S/C12H15N3O/c1-2-15-7-6-14-12(15)11(16)9-4-3-5-10(13)8-9/h3-8,11,16H,2,13H2,1H3. The van der Waals surface area contributed by atoms with Gasteiger partial charge in [-0.2, -0.15) is 0 Å².